The molecule has 54 heavy (non-hydrogen) atoms. The lowest BCUT2D eigenvalue weighted by atomic mass is 9.91. The van der Waals surface area contributed by atoms with Crippen LogP contribution in [0, 0.1) is 0 Å². The average molecular weight is 735 g/mol. The summed E-state index contributed by atoms with van der Waals surface area (Å²) in [7, 11) is 0. The van der Waals surface area contributed by atoms with Crippen LogP contribution in [0.15, 0.2) is 79.4 Å². The normalized spacial score (nSPS) is 21.3. The summed E-state index contributed by atoms with van der Waals surface area (Å²) in [6.45, 7) is 3.63. The smallest absolute Gasteiger partial charge is 0.251 e. The number of hydrogen-bond donors (Lipinski definition) is 6. The molecular formula is C36H38N12O6. The van der Waals surface area contributed by atoms with Crippen molar-refractivity contribution in [3.8, 4) is 11.5 Å². The van der Waals surface area contributed by atoms with Crippen LogP contribution in [0.3, 0.4) is 0 Å². The Hall–Kier alpha value is -6.24. The average Bonchev–Trinajstić information content (AvgIpc) is 4.01. The maximum absolute atomic E-state index is 12.9. The Kier molecular flexibility index (Phi) is 9.45. The molecule has 2 saturated heterocycles. The Morgan fingerprint density at radius 2 is 1.67 bits per heavy atom. The maximum atomic E-state index is 12.9. The van der Waals surface area contributed by atoms with Gasteiger partial charge in [0.15, 0.2) is 29.3 Å². The zero-order chi connectivity index (χ0) is 37.3. The minimum absolute atomic E-state index is 0.138. The number of aromatic nitrogens is 9. The van der Waals surface area contributed by atoms with Crippen molar-refractivity contribution in [1.29, 1.82) is 0 Å². The first-order chi connectivity index (χ1) is 26.2. The van der Waals surface area contributed by atoms with Crippen molar-refractivity contribution in [1.82, 2.24) is 50.0 Å². The van der Waals surface area contributed by atoms with E-state index in [9.17, 15) is 25.2 Å². The first-order valence-electron chi connectivity index (χ1n) is 17.6. The third kappa shape index (κ3) is 6.84. The molecule has 0 radical (unpaired) electrons. The topological polar surface area (TPSA) is 235 Å². The van der Waals surface area contributed by atoms with Gasteiger partial charge >= 0.3 is 0 Å². The number of phenolic OH excluding ortho intramolecular Hbond substituents is 2. The van der Waals surface area contributed by atoms with E-state index in [-0.39, 0.29) is 35.2 Å². The van der Waals surface area contributed by atoms with Gasteiger partial charge in [0.1, 0.15) is 23.7 Å². The molecule has 2 fully saturated rings. The number of aromatic hydroxyl groups is 2. The number of benzene rings is 2. The highest BCUT2D eigenvalue weighted by Crippen LogP contribution is 2.39. The van der Waals surface area contributed by atoms with Crippen LogP contribution in [0.4, 0.5) is 11.8 Å². The van der Waals surface area contributed by atoms with E-state index in [1.807, 2.05) is 36.1 Å². The van der Waals surface area contributed by atoms with Crippen molar-refractivity contribution >= 4 is 28.8 Å². The van der Waals surface area contributed by atoms with E-state index in [1.54, 1.807) is 53.4 Å². The molecule has 278 valence electrons. The van der Waals surface area contributed by atoms with Gasteiger partial charge < -0.3 is 40.7 Å². The van der Waals surface area contributed by atoms with Crippen LogP contribution in [-0.2, 0) is 11.3 Å². The van der Waals surface area contributed by atoms with Crippen molar-refractivity contribution in [3.05, 3.63) is 102 Å². The number of carbonyl (C=O) groups is 1. The summed E-state index contributed by atoms with van der Waals surface area (Å²) >= 11 is 0. The number of aryl methyl sites for hydroxylation is 1. The predicted molar refractivity (Wildman–Crippen MR) is 193 cm³/mol. The van der Waals surface area contributed by atoms with Crippen LogP contribution < -0.4 is 15.5 Å². The standard InChI is InChI=1S/C36H38N12O6/c1-2-48-44-32(43-45-48)30-28(51)29(52)35(54-30)47-19-39-27-31(38-17-26(20-3-7-24(49)8-4-20)21-5-9-25(50)10-6-21)41-36(42-33(27)47)46-16-13-23(18-46)40-34(53)22-11-14-37-15-12-22/h3-12,14-15,19,23,26,28-30,35,49-52H,2,13,16-18H2,1H3,(H,40,53)(H,38,41,42)/t23?,28-,29+,30-,35+/m0/s1. The number of phenols is 2. The molecule has 18 nitrogen and oxygen atoms in total. The van der Waals surface area contributed by atoms with E-state index in [4.69, 9.17) is 14.7 Å². The Labute approximate surface area is 308 Å². The number of anilines is 2. The Morgan fingerprint density at radius 3 is 2.33 bits per heavy atom. The molecule has 6 N–H and O–H groups in total. The molecule has 18 heteroatoms. The summed E-state index contributed by atoms with van der Waals surface area (Å²) in [5.74, 6) is 0.733. The summed E-state index contributed by atoms with van der Waals surface area (Å²) in [6, 6.07) is 17.0. The first-order valence-corrected chi connectivity index (χ1v) is 17.6. The molecule has 1 unspecified atom stereocenters. The monoisotopic (exact) mass is 734 g/mol. The molecular weight excluding hydrogens is 696 g/mol. The second kappa shape index (κ2) is 14.6. The van der Waals surface area contributed by atoms with Gasteiger partial charge in [0.2, 0.25) is 11.8 Å². The summed E-state index contributed by atoms with van der Waals surface area (Å²) in [5.41, 5.74) is 3.05. The highest BCUT2D eigenvalue weighted by atomic mass is 16.6. The van der Waals surface area contributed by atoms with E-state index in [2.05, 4.69) is 36.0 Å². The molecule has 2 aliphatic heterocycles. The molecule has 5 atom stereocenters. The van der Waals surface area contributed by atoms with Crippen molar-refractivity contribution in [2.24, 2.45) is 0 Å². The van der Waals surface area contributed by atoms with Gasteiger partial charge in [0, 0.05) is 49.6 Å². The molecule has 0 spiro atoms. The highest BCUT2D eigenvalue weighted by molar-refractivity contribution is 5.94. The summed E-state index contributed by atoms with van der Waals surface area (Å²) in [4.78, 5) is 34.8. The minimum Gasteiger partial charge on any atom is -0.508 e. The van der Waals surface area contributed by atoms with Crippen molar-refractivity contribution in [3.63, 3.8) is 0 Å². The molecule has 6 heterocycles. The minimum atomic E-state index is -1.39. The van der Waals surface area contributed by atoms with Gasteiger partial charge in [-0.1, -0.05) is 24.3 Å². The summed E-state index contributed by atoms with van der Waals surface area (Å²) in [6.07, 6.45) is 0.363. The van der Waals surface area contributed by atoms with Crippen molar-refractivity contribution < 1.29 is 30.0 Å². The number of amides is 1. The lowest BCUT2D eigenvalue weighted by molar-refractivity contribution is -0.0384. The molecule has 2 aliphatic rings. The van der Waals surface area contributed by atoms with E-state index < -0.39 is 24.5 Å². The number of tetrazole rings is 1. The number of carbonyl (C=O) groups excluding carboxylic acids is 1. The zero-order valence-corrected chi connectivity index (χ0v) is 29.1. The number of hydrogen-bond acceptors (Lipinski definition) is 15. The van der Waals surface area contributed by atoms with E-state index in [1.165, 1.54) is 11.1 Å². The molecule has 6 aromatic rings. The molecule has 4 aromatic heterocycles. The number of nitrogens with one attached hydrogen (secondary N) is 2. The second-order valence-electron chi connectivity index (χ2n) is 13.2. The fourth-order valence-corrected chi connectivity index (χ4v) is 6.83. The number of nitrogens with zero attached hydrogens (tertiary/aromatic N) is 10. The van der Waals surface area contributed by atoms with Crippen molar-refractivity contribution in [2.45, 2.75) is 56.4 Å². The largest absolute Gasteiger partial charge is 0.508 e. The Bertz CT molecular complexity index is 2190. The van der Waals surface area contributed by atoms with Gasteiger partial charge in [-0.25, -0.2) is 4.98 Å². The second-order valence-corrected chi connectivity index (χ2v) is 13.2. The summed E-state index contributed by atoms with van der Waals surface area (Å²) in [5, 5.41) is 61.1. The molecule has 0 aliphatic carbocycles. The zero-order valence-electron chi connectivity index (χ0n) is 29.1. The van der Waals surface area contributed by atoms with Crippen LogP contribution in [-0.4, -0.2) is 109 Å². The first kappa shape index (κ1) is 34.8. The molecule has 8 rings (SSSR count). The fourth-order valence-electron chi connectivity index (χ4n) is 6.83. The van der Waals surface area contributed by atoms with Gasteiger partial charge in [-0.15, -0.1) is 10.2 Å². The number of imidazole rings is 1. The number of pyridine rings is 1. The number of aliphatic hydroxyl groups is 2. The Morgan fingerprint density at radius 1 is 0.963 bits per heavy atom. The lowest BCUT2D eigenvalue weighted by Gasteiger charge is -2.22. The number of rotatable bonds is 11. The summed E-state index contributed by atoms with van der Waals surface area (Å²) < 4.78 is 7.74. The fraction of sp³-hybridized carbons (Fsp3) is 0.333. The number of aliphatic hydroxyl groups excluding tert-OH is 2. The number of fused-ring (bicyclic) bond motifs is 1. The van der Waals surface area contributed by atoms with Crippen LogP contribution in [0.5, 0.6) is 11.5 Å². The van der Waals surface area contributed by atoms with Crippen LogP contribution >= 0.6 is 0 Å². The van der Waals surface area contributed by atoms with Crippen molar-refractivity contribution in [2.75, 3.05) is 29.9 Å². The SMILES string of the molecule is CCn1nnc([C@H]2O[C@@H](n3cnc4c(NCC(c5ccc(O)cc5)c5ccc(O)cc5)nc(N5CCC(NC(=O)c6ccncc6)C5)nc43)[C@H](O)[C@@H]2O)n1. The van der Waals surface area contributed by atoms with Gasteiger partial charge in [0.05, 0.1) is 12.9 Å². The van der Waals surface area contributed by atoms with Gasteiger partial charge in [0.25, 0.3) is 5.91 Å². The Balaban J connectivity index is 1.13. The third-order valence-corrected chi connectivity index (χ3v) is 9.74. The van der Waals surface area contributed by atoms with Crippen LogP contribution in [0.1, 0.15) is 58.9 Å². The van der Waals surface area contributed by atoms with Gasteiger partial charge in [-0.3, -0.25) is 14.3 Å². The quantitative estimate of drug-likeness (QED) is 0.112. The van der Waals surface area contributed by atoms with E-state index >= 15 is 0 Å². The predicted octanol–water partition coefficient (Wildman–Crippen LogP) is 1.88. The third-order valence-electron chi connectivity index (χ3n) is 9.74. The maximum Gasteiger partial charge on any atom is 0.251 e. The van der Waals surface area contributed by atoms with E-state index in [0.29, 0.717) is 61.1 Å². The molecule has 2 aromatic carbocycles. The highest BCUT2D eigenvalue weighted by Gasteiger charge is 2.47. The molecule has 1 amide bonds. The van der Waals surface area contributed by atoms with Gasteiger partial charge in [-0.05, 0) is 66.1 Å². The van der Waals surface area contributed by atoms with E-state index in [0.717, 1.165) is 11.1 Å². The number of ether oxygens (including phenoxy) is 1. The lowest BCUT2D eigenvalue weighted by Crippen LogP contribution is -2.37. The molecule has 0 saturated carbocycles. The van der Waals surface area contributed by atoms with Crippen LogP contribution in [0.25, 0.3) is 11.2 Å². The van der Waals surface area contributed by atoms with Gasteiger partial charge in [-0.2, -0.15) is 14.8 Å². The molecule has 0 bridgehead atoms. The van der Waals surface area contributed by atoms with Crippen LogP contribution in [0.2, 0.25) is 0 Å².